The molecule has 1 amide bonds. The second-order valence-corrected chi connectivity index (χ2v) is 9.26. The molecule has 3 aromatic carbocycles. The van der Waals surface area contributed by atoms with Crippen molar-refractivity contribution in [3.63, 3.8) is 0 Å². The number of ether oxygens (including phenoxy) is 1. The van der Waals surface area contributed by atoms with Crippen molar-refractivity contribution >= 4 is 50.5 Å². The molecule has 2 N–H and O–H groups in total. The molecular formula is C22H20Cl2N2O4S. The van der Waals surface area contributed by atoms with Gasteiger partial charge in [-0.1, -0.05) is 41.4 Å². The minimum absolute atomic E-state index is 0.00519. The molecule has 3 aromatic rings. The van der Waals surface area contributed by atoms with Gasteiger partial charge in [-0.25, -0.2) is 8.42 Å². The molecule has 0 heterocycles. The summed E-state index contributed by atoms with van der Waals surface area (Å²) in [5.41, 5.74) is 1.63. The summed E-state index contributed by atoms with van der Waals surface area (Å²) in [6.07, 6.45) is -0.739. The number of anilines is 2. The first-order chi connectivity index (χ1) is 14.7. The van der Waals surface area contributed by atoms with Gasteiger partial charge in [0.05, 0.1) is 20.6 Å². The summed E-state index contributed by atoms with van der Waals surface area (Å²) in [5.74, 6) is 0.232. The van der Waals surface area contributed by atoms with E-state index in [2.05, 4.69) is 10.0 Å². The monoisotopic (exact) mass is 478 g/mol. The van der Waals surface area contributed by atoms with E-state index in [1.807, 2.05) is 25.1 Å². The van der Waals surface area contributed by atoms with E-state index in [0.29, 0.717) is 11.4 Å². The van der Waals surface area contributed by atoms with Crippen molar-refractivity contribution in [3.8, 4) is 5.75 Å². The molecule has 1 atom stereocenters. The molecule has 31 heavy (non-hydrogen) atoms. The second-order valence-electron chi connectivity index (χ2n) is 6.80. The summed E-state index contributed by atoms with van der Waals surface area (Å²) in [4.78, 5) is 12.4. The van der Waals surface area contributed by atoms with Crippen LogP contribution in [0.25, 0.3) is 0 Å². The molecule has 0 saturated heterocycles. The average molecular weight is 479 g/mol. The van der Waals surface area contributed by atoms with Crippen LogP contribution in [-0.4, -0.2) is 20.4 Å². The zero-order chi connectivity index (χ0) is 22.6. The zero-order valence-corrected chi connectivity index (χ0v) is 19.1. The van der Waals surface area contributed by atoms with E-state index in [9.17, 15) is 13.2 Å². The normalized spacial score (nSPS) is 12.1. The number of hydrogen-bond acceptors (Lipinski definition) is 4. The van der Waals surface area contributed by atoms with Crippen molar-refractivity contribution in [2.45, 2.75) is 24.8 Å². The number of halogens is 2. The van der Waals surface area contributed by atoms with Crippen molar-refractivity contribution in [2.24, 2.45) is 0 Å². The molecule has 9 heteroatoms. The molecule has 0 fully saturated rings. The Kier molecular flexibility index (Phi) is 7.10. The topological polar surface area (TPSA) is 84.5 Å². The number of carbonyl (C=O) groups excluding carboxylic acids is 1. The quantitative estimate of drug-likeness (QED) is 0.468. The van der Waals surface area contributed by atoms with Gasteiger partial charge in [0, 0.05) is 5.69 Å². The van der Waals surface area contributed by atoms with Gasteiger partial charge in [0.1, 0.15) is 5.75 Å². The van der Waals surface area contributed by atoms with Crippen LogP contribution >= 0.6 is 23.2 Å². The van der Waals surface area contributed by atoms with Crippen molar-refractivity contribution in [1.29, 1.82) is 0 Å². The second kappa shape index (κ2) is 9.60. The Labute approximate surface area is 191 Å². The highest BCUT2D eigenvalue weighted by Crippen LogP contribution is 2.31. The van der Waals surface area contributed by atoms with Crippen LogP contribution in [-0.2, 0) is 14.8 Å². The van der Waals surface area contributed by atoms with Crippen molar-refractivity contribution in [1.82, 2.24) is 0 Å². The molecule has 3 rings (SSSR count). The maximum atomic E-state index is 12.6. The van der Waals surface area contributed by atoms with Crippen LogP contribution in [0.2, 0.25) is 10.0 Å². The Bertz CT molecular complexity index is 1200. The molecule has 0 spiro atoms. The third kappa shape index (κ3) is 5.91. The lowest BCUT2D eigenvalue weighted by Gasteiger charge is -2.15. The summed E-state index contributed by atoms with van der Waals surface area (Å²) in [5, 5.41) is 3.05. The standard InChI is InChI=1S/C22H20Cl2N2O4S/c1-14-5-3-6-17(13-14)30-15(2)22(27)25-16-9-11-18(12-10-16)31(28,29)26-20-8-4-7-19(23)21(20)24/h3-13,15,26H,1-2H3,(H,25,27)/t15-/m0/s1. The van der Waals surface area contributed by atoms with Crippen LogP contribution < -0.4 is 14.8 Å². The molecule has 0 unspecified atom stereocenters. The van der Waals surface area contributed by atoms with Crippen molar-refractivity contribution in [2.75, 3.05) is 10.0 Å². The third-order valence-electron chi connectivity index (χ3n) is 4.30. The van der Waals surface area contributed by atoms with Gasteiger partial charge in [-0.2, -0.15) is 0 Å². The first kappa shape index (κ1) is 22.9. The van der Waals surface area contributed by atoms with Gasteiger partial charge in [-0.15, -0.1) is 0 Å². The fourth-order valence-corrected chi connectivity index (χ4v) is 4.17. The van der Waals surface area contributed by atoms with E-state index < -0.39 is 16.1 Å². The largest absolute Gasteiger partial charge is 0.481 e. The molecule has 0 aromatic heterocycles. The summed E-state index contributed by atoms with van der Waals surface area (Å²) >= 11 is 12.0. The van der Waals surface area contributed by atoms with Crippen molar-refractivity contribution in [3.05, 3.63) is 82.3 Å². The lowest BCUT2D eigenvalue weighted by Crippen LogP contribution is -2.30. The molecule has 0 aliphatic heterocycles. The summed E-state index contributed by atoms with van der Waals surface area (Å²) < 4.78 is 33.3. The van der Waals surface area contributed by atoms with Gasteiger partial charge >= 0.3 is 0 Å². The van der Waals surface area contributed by atoms with Gasteiger partial charge < -0.3 is 10.1 Å². The van der Waals surface area contributed by atoms with Gasteiger partial charge in [-0.3, -0.25) is 9.52 Å². The number of amides is 1. The summed E-state index contributed by atoms with van der Waals surface area (Å²) in [6, 6.07) is 17.8. The molecule has 162 valence electrons. The number of aryl methyl sites for hydroxylation is 1. The SMILES string of the molecule is Cc1cccc(O[C@@H](C)C(=O)Nc2ccc(S(=O)(=O)Nc3cccc(Cl)c3Cl)cc2)c1. The fraction of sp³-hybridized carbons (Fsp3) is 0.136. The van der Waals surface area contributed by atoms with Crippen LogP contribution in [0.15, 0.2) is 71.6 Å². The van der Waals surface area contributed by atoms with Crippen LogP contribution in [0.1, 0.15) is 12.5 Å². The Morgan fingerprint density at radius 3 is 2.35 bits per heavy atom. The maximum absolute atomic E-state index is 12.6. The van der Waals surface area contributed by atoms with Gasteiger partial charge in [0.2, 0.25) is 0 Å². The fourth-order valence-electron chi connectivity index (χ4n) is 2.69. The lowest BCUT2D eigenvalue weighted by molar-refractivity contribution is -0.122. The highest BCUT2D eigenvalue weighted by Gasteiger charge is 2.18. The van der Waals surface area contributed by atoms with E-state index in [0.717, 1.165) is 5.56 Å². The smallest absolute Gasteiger partial charge is 0.265 e. The van der Waals surface area contributed by atoms with Crippen molar-refractivity contribution < 1.29 is 17.9 Å². The molecule has 0 aliphatic rings. The van der Waals surface area contributed by atoms with Gasteiger partial charge in [0.25, 0.3) is 15.9 Å². The van der Waals surface area contributed by atoms with Crippen LogP contribution in [0, 0.1) is 6.92 Å². The zero-order valence-electron chi connectivity index (χ0n) is 16.7. The van der Waals surface area contributed by atoms with E-state index in [1.165, 1.54) is 30.3 Å². The Hall–Kier alpha value is -2.74. The van der Waals surface area contributed by atoms with Crippen LogP contribution in [0.5, 0.6) is 5.75 Å². The summed E-state index contributed by atoms with van der Waals surface area (Å²) in [7, 11) is -3.89. The molecule has 0 radical (unpaired) electrons. The predicted octanol–water partition coefficient (Wildman–Crippen LogP) is 5.51. The first-order valence-corrected chi connectivity index (χ1v) is 11.5. The molecule has 0 bridgehead atoms. The van der Waals surface area contributed by atoms with E-state index in [-0.39, 0.29) is 26.5 Å². The first-order valence-electron chi connectivity index (χ1n) is 9.27. The molecule has 0 aliphatic carbocycles. The third-order valence-corrected chi connectivity index (χ3v) is 6.50. The van der Waals surface area contributed by atoms with Gasteiger partial charge in [0.15, 0.2) is 6.10 Å². The Morgan fingerprint density at radius 1 is 1.00 bits per heavy atom. The van der Waals surface area contributed by atoms with Crippen LogP contribution in [0.3, 0.4) is 0 Å². The average Bonchev–Trinajstić information content (AvgIpc) is 2.71. The van der Waals surface area contributed by atoms with E-state index in [1.54, 1.807) is 25.1 Å². The number of hydrogen-bond donors (Lipinski definition) is 2. The highest BCUT2D eigenvalue weighted by atomic mass is 35.5. The van der Waals surface area contributed by atoms with Crippen LogP contribution in [0.4, 0.5) is 11.4 Å². The van der Waals surface area contributed by atoms with E-state index in [4.69, 9.17) is 27.9 Å². The predicted molar refractivity (Wildman–Crippen MR) is 124 cm³/mol. The lowest BCUT2D eigenvalue weighted by atomic mass is 10.2. The maximum Gasteiger partial charge on any atom is 0.265 e. The van der Waals surface area contributed by atoms with E-state index >= 15 is 0 Å². The minimum atomic E-state index is -3.89. The minimum Gasteiger partial charge on any atom is -0.481 e. The molecular weight excluding hydrogens is 459 g/mol. The Balaban J connectivity index is 1.66. The number of nitrogens with one attached hydrogen (secondary N) is 2. The number of sulfonamides is 1. The Morgan fingerprint density at radius 2 is 1.68 bits per heavy atom. The number of benzene rings is 3. The summed E-state index contributed by atoms with van der Waals surface area (Å²) in [6.45, 7) is 3.57. The number of rotatable bonds is 7. The van der Waals surface area contributed by atoms with Gasteiger partial charge in [-0.05, 0) is 67.9 Å². The highest BCUT2D eigenvalue weighted by molar-refractivity contribution is 7.92. The number of carbonyl (C=O) groups is 1. The molecule has 0 saturated carbocycles. The molecule has 6 nitrogen and oxygen atoms in total.